The molecule has 1 heterocycles. The van der Waals surface area contributed by atoms with E-state index in [-0.39, 0.29) is 18.2 Å². The largest absolute Gasteiger partial charge is 0.378 e. The van der Waals surface area contributed by atoms with Gasteiger partial charge in [0.25, 0.3) is 0 Å². The van der Waals surface area contributed by atoms with Crippen molar-refractivity contribution < 1.29 is 4.39 Å². The van der Waals surface area contributed by atoms with Crippen LogP contribution in [0, 0.1) is 5.82 Å². The zero-order valence-electron chi connectivity index (χ0n) is 11.3. The van der Waals surface area contributed by atoms with Gasteiger partial charge in [-0.05, 0) is 30.5 Å². The Kier molecular flexibility index (Phi) is 5.01. The van der Waals surface area contributed by atoms with E-state index in [1.807, 2.05) is 6.20 Å². The number of anilines is 1. The molecule has 0 saturated heterocycles. The van der Waals surface area contributed by atoms with E-state index in [1.165, 1.54) is 37.8 Å². The summed E-state index contributed by atoms with van der Waals surface area (Å²) in [6, 6.07) is 7.13. The van der Waals surface area contributed by atoms with Crippen LogP contribution in [0.3, 0.4) is 0 Å². The molecule has 108 valence electrons. The fourth-order valence-electron chi connectivity index (χ4n) is 2.60. The van der Waals surface area contributed by atoms with Gasteiger partial charge < -0.3 is 5.32 Å². The molecule has 0 radical (unpaired) electrons. The molecular formula is C15H19ClFN3. The van der Waals surface area contributed by atoms with Crippen molar-refractivity contribution in [2.24, 2.45) is 0 Å². The van der Waals surface area contributed by atoms with Crippen LogP contribution >= 0.6 is 12.4 Å². The average Bonchev–Trinajstić information content (AvgIpc) is 3.09. The Morgan fingerprint density at radius 2 is 1.90 bits per heavy atom. The van der Waals surface area contributed by atoms with Crippen molar-refractivity contribution >= 4 is 18.1 Å². The van der Waals surface area contributed by atoms with E-state index in [9.17, 15) is 4.39 Å². The second kappa shape index (κ2) is 6.75. The summed E-state index contributed by atoms with van der Waals surface area (Å²) in [6.07, 6.45) is 9.02. The molecule has 1 aromatic heterocycles. The standard InChI is InChI=1S/C15H18FN3.ClH/c16-13-7-5-12(6-8-13)9-17-14-10-18-19(11-14)15-3-1-2-4-15;/h5-8,10-11,15,17H,1-4,9H2;1H. The molecule has 3 rings (SSSR count). The molecule has 0 spiro atoms. The first-order valence-corrected chi connectivity index (χ1v) is 6.84. The number of rotatable bonds is 4. The molecule has 1 N–H and O–H groups in total. The number of nitrogens with zero attached hydrogens (tertiary/aromatic N) is 2. The summed E-state index contributed by atoms with van der Waals surface area (Å²) in [4.78, 5) is 0. The predicted molar refractivity (Wildman–Crippen MR) is 80.7 cm³/mol. The number of halogens is 2. The van der Waals surface area contributed by atoms with Crippen LogP contribution < -0.4 is 5.32 Å². The first-order valence-electron chi connectivity index (χ1n) is 6.84. The summed E-state index contributed by atoms with van der Waals surface area (Å²) in [5, 5.41) is 7.74. The van der Waals surface area contributed by atoms with Gasteiger partial charge in [-0.1, -0.05) is 25.0 Å². The fourth-order valence-corrected chi connectivity index (χ4v) is 2.60. The minimum absolute atomic E-state index is 0. The van der Waals surface area contributed by atoms with Gasteiger partial charge in [-0.3, -0.25) is 4.68 Å². The fraction of sp³-hybridized carbons (Fsp3) is 0.400. The van der Waals surface area contributed by atoms with E-state index in [4.69, 9.17) is 0 Å². The van der Waals surface area contributed by atoms with Crippen molar-refractivity contribution in [3.8, 4) is 0 Å². The van der Waals surface area contributed by atoms with Crippen LogP contribution in [0.4, 0.5) is 10.1 Å². The molecule has 0 aliphatic heterocycles. The summed E-state index contributed by atoms with van der Waals surface area (Å²) in [5.41, 5.74) is 2.09. The van der Waals surface area contributed by atoms with E-state index in [0.717, 1.165) is 11.3 Å². The van der Waals surface area contributed by atoms with Gasteiger partial charge in [0.05, 0.1) is 17.9 Å². The zero-order chi connectivity index (χ0) is 13.1. The van der Waals surface area contributed by atoms with Crippen molar-refractivity contribution in [2.75, 3.05) is 5.32 Å². The van der Waals surface area contributed by atoms with Gasteiger partial charge in [0.15, 0.2) is 0 Å². The first-order chi connectivity index (χ1) is 9.31. The maximum Gasteiger partial charge on any atom is 0.123 e. The molecule has 1 aliphatic rings. The van der Waals surface area contributed by atoms with Crippen molar-refractivity contribution in [3.63, 3.8) is 0 Å². The number of nitrogens with one attached hydrogen (secondary N) is 1. The third-order valence-corrected chi connectivity index (χ3v) is 3.71. The lowest BCUT2D eigenvalue weighted by molar-refractivity contribution is 0.467. The monoisotopic (exact) mass is 295 g/mol. The van der Waals surface area contributed by atoms with Crippen LogP contribution in [0.15, 0.2) is 36.7 Å². The minimum atomic E-state index is -0.196. The molecule has 0 bridgehead atoms. The van der Waals surface area contributed by atoms with Crippen LogP contribution in [-0.2, 0) is 6.54 Å². The van der Waals surface area contributed by atoms with E-state index in [2.05, 4.69) is 21.3 Å². The Morgan fingerprint density at radius 1 is 1.20 bits per heavy atom. The third kappa shape index (κ3) is 3.51. The molecule has 1 fully saturated rings. The van der Waals surface area contributed by atoms with Crippen molar-refractivity contribution in [3.05, 3.63) is 48.0 Å². The first kappa shape index (κ1) is 14.9. The van der Waals surface area contributed by atoms with Crippen LogP contribution in [-0.4, -0.2) is 9.78 Å². The molecule has 1 saturated carbocycles. The van der Waals surface area contributed by atoms with Crippen LogP contribution in [0.2, 0.25) is 0 Å². The topological polar surface area (TPSA) is 29.9 Å². The number of aromatic nitrogens is 2. The highest BCUT2D eigenvalue weighted by Gasteiger charge is 2.17. The molecule has 2 aromatic rings. The molecule has 5 heteroatoms. The summed E-state index contributed by atoms with van der Waals surface area (Å²) in [5.74, 6) is -0.196. The molecule has 1 aliphatic carbocycles. The van der Waals surface area contributed by atoms with E-state index >= 15 is 0 Å². The van der Waals surface area contributed by atoms with Gasteiger partial charge in [-0.15, -0.1) is 12.4 Å². The Hall–Kier alpha value is -1.55. The van der Waals surface area contributed by atoms with Crippen LogP contribution in [0.5, 0.6) is 0 Å². The van der Waals surface area contributed by atoms with E-state index < -0.39 is 0 Å². The normalized spacial score (nSPS) is 15.1. The van der Waals surface area contributed by atoms with Gasteiger partial charge in [0.2, 0.25) is 0 Å². The molecular weight excluding hydrogens is 277 g/mol. The lowest BCUT2D eigenvalue weighted by atomic mass is 10.2. The smallest absolute Gasteiger partial charge is 0.123 e. The lowest BCUT2D eigenvalue weighted by Crippen LogP contribution is -2.04. The quantitative estimate of drug-likeness (QED) is 0.917. The van der Waals surface area contributed by atoms with Crippen molar-refractivity contribution in [1.29, 1.82) is 0 Å². The highest BCUT2D eigenvalue weighted by molar-refractivity contribution is 5.85. The molecule has 0 unspecified atom stereocenters. The van der Waals surface area contributed by atoms with Crippen LogP contribution in [0.1, 0.15) is 37.3 Å². The summed E-state index contributed by atoms with van der Waals surface area (Å²) in [6.45, 7) is 0.691. The van der Waals surface area contributed by atoms with Gasteiger partial charge in [-0.25, -0.2) is 4.39 Å². The summed E-state index contributed by atoms with van der Waals surface area (Å²) in [7, 11) is 0. The SMILES string of the molecule is Cl.Fc1ccc(CNc2cnn(C3CCCC3)c2)cc1. The second-order valence-corrected chi connectivity index (χ2v) is 5.13. The number of benzene rings is 1. The Morgan fingerprint density at radius 3 is 2.60 bits per heavy atom. The second-order valence-electron chi connectivity index (χ2n) is 5.13. The summed E-state index contributed by atoms with van der Waals surface area (Å²) >= 11 is 0. The maximum absolute atomic E-state index is 12.8. The van der Waals surface area contributed by atoms with Gasteiger partial charge in [-0.2, -0.15) is 5.10 Å². The van der Waals surface area contributed by atoms with Gasteiger partial charge >= 0.3 is 0 Å². The number of hydrogen-bond acceptors (Lipinski definition) is 2. The van der Waals surface area contributed by atoms with Crippen molar-refractivity contribution in [2.45, 2.75) is 38.3 Å². The Bertz CT molecular complexity index is 532. The lowest BCUT2D eigenvalue weighted by Gasteiger charge is -2.08. The third-order valence-electron chi connectivity index (χ3n) is 3.71. The molecule has 1 aromatic carbocycles. The molecule has 0 atom stereocenters. The van der Waals surface area contributed by atoms with E-state index in [1.54, 1.807) is 12.1 Å². The summed E-state index contributed by atoms with van der Waals surface area (Å²) < 4.78 is 14.9. The van der Waals surface area contributed by atoms with Gasteiger partial charge in [0, 0.05) is 12.7 Å². The van der Waals surface area contributed by atoms with Crippen LogP contribution in [0.25, 0.3) is 0 Å². The highest BCUT2D eigenvalue weighted by atomic mass is 35.5. The molecule has 20 heavy (non-hydrogen) atoms. The predicted octanol–water partition coefficient (Wildman–Crippen LogP) is 4.17. The molecule has 3 nitrogen and oxygen atoms in total. The highest BCUT2D eigenvalue weighted by Crippen LogP contribution is 2.29. The zero-order valence-corrected chi connectivity index (χ0v) is 12.1. The minimum Gasteiger partial charge on any atom is -0.378 e. The Balaban J connectivity index is 0.00000147. The molecule has 0 amide bonds. The maximum atomic E-state index is 12.8. The van der Waals surface area contributed by atoms with E-state index in [0.29, 0.717) is 12.6 Å². The van der Waals surface area contributed by atoms with Crippen molar-refractivity contribution in [1.82, 2.24) is 9.78 Å². The average molecular weight is 296 g/mol. The van der Waals surface area contributed by atoms with Gasteiger partial charge in [0.1, 0.15) is 5.82 Å². The number of hydrogen-bond donors (Lipinski definition) is 1. The Labute approximate surface area is 124 Å².